The van der Waals surface area contributed by atoms with Crippen molar-refractivity contribution in [2.75, 3.05) is 32.1 Å². The number of urea groups is 1. The summed E-state index contributed by atoms with van der Waals surface area (Å²) in [6.45, 7) is 11.0. The smallest absolute Gasteiger partial charge is 0.330 e. The highest BCUT2D eigenvalue weighted by Crippen LogP contribution is 2.45. The van der Waals surface area contributed by atoms with Crippen LogP contribution in [0, 0.1) is 11.3 Å². The number of methoxy groups -OCH3 is 1. The van der Waals surface area contributed by atoms with Crippen LogP contribution in [0.3, 0.4) is 0 Å². The van der Waals surface area contributed by atoms with Crippen LogP contribution in [-0.2, 0) is 19.2 Å². The molecule has 2 aromatic heterocycles. The van der Waals surface area contributed by atoms with Crippen LogP contribution in [0.15, 0.2) is 41.8 Å². The number of ether oxygens (including phenoxy) is 2. The Morgan fingerprint density at radius 1 is 1.08 bits per heavy atom. The molecule has 16 nitrogen and oxygen atoms in total. The first-order chi connectivity index (χ1) is 29.5. The molecule has 0 spiro atoms. The first kappa shape index (κ1) is 44.6. The van der Waals surface area contributed by atoms with E-state index in [9.17, 15) is 29.1 Å². The molecule has 5 N–H and O–H groups in total. The molecule has 7 rings (SSSR count). The predicted molar refractivity (Wildman–Crippen MR) is 236 cm³/mol. The van der Waals surface area contributed by atoms with Gasteiger partial charge in [-0.15, -0.1) is 11.3 Å². The molecule has 1 unspecified atom stereocenters. The second kappa shape index (κ2) is 18.5. The monoisotopic (exact) mass is 872 g/mol. The molecule has 4 aliphatic rings. The summed E-state index contributed by atoms with van der Waals surface area (Å²) in [6, 6.07) is 4.40. The minimum atomic E-state index is -1.48. The molecule has 1 aromatic carbocycles. The van der Waals surface area contributed by atoms with Crippen LogP contribution in [0.4, 0.5) is 9.93 Å². The topological polar surface area (TPSA) is 204 Å². The number of carboxylic acids is 1. The maximum atomic E-state index is 14.9. The van der Waals surface area contributed by atoms with Crippen molar-refractivity contribution in [3.8, 4) is 22.9 Å². The molecule has 17 heteroatoms. The standard InChI is InChI=1S/C45H60N8O8S/c1-26(2)46-43-49-34(25-62-43)33-21-36(30-17-16-28(60-6)19-32(30)47-33)61-29-20-35-39(55)51-45(41(57)58)22-27(45)13-10-8-7-9-11-14-31(40(56)53(35)23-29)48-42(59)50-37(44(3,4)5)24-52-18-12-15-38(52)54/h10,13,16-17,19,21,25-27,29,31,35,37H,7-9,11-12,14-15,18,20,22-24H2,1-6H3,(H,46,49)(H,51,55)(H,57,58)(H2,48,50,59)/b13-10-/t27?,29-,31+,35+,37-,45-/m1/s1. The third kappa shape index (κ3) is 10.1. The fraction of sp³-hybridized carbons (Fsp3) is 0.578. The Bertz CT molecular complexity index is 2200. The van der Waals surface area contributed by atoms with Crippen LogP contribution >= 0.6 is 11.3 Å². The largest absolute Gasteiger partial charge is 0.497 e. The molecule has 2 saturated heterocycles. The highest BCUT2D eigenvalue weighted by Gasteiger charge is 2.61. The molecule has 6 atom stereocenters. The van der Waals surface area contributed by atoms with Gasteiger partial charge < -0.3 is 45.6 Å². The average molecular weight is 873 g/mol. The number of nitrogens with one attached hydrogen (secondary N) is 4. The third-order valence-electron chi connectivity index (χ3n) is 12.3. The molecule has 1 saturated carbocycles. The Kier molecular flexibility index (Phi) is 13.3. The number of hydrogen-bond donors (Lipinski definition) is 5. The van der Waals surface area contributed by atoms with Gasteiger partial charge in [-0.2, -0.15) is 0 Å². The SMILES string of the molecule is COc1ccc2c(O[C@@H]3C[C@H]4C(=O)N[C@]5(C(=O)O)CC5/C=C\CCCCC[C@H](NC(=O)N[C@H](CN5CCCC5=O)C(C)(C)C)C(=O)N4C3)cc(-c3csc(NC(C)C)n3)nc2c1. The van der Waals surface area contributed by atoms with Crippen LogP contribution < -0.4 is 30.7 Å². The number of hydrogen-bond acceptors (Lipinski definition) is 11. The molecule has 3 fully saturated rings. The number of anilines is 1. The quantitative estimate of drug-likeness (QED) is 0.148. The zero-order valence-electron chi connectivity index (χ0n) is 36.5. The van der Waals surface area contributed by atoms with E-state index in [4.69, 9.17) is 19.4 Å². The van der Waals surface area contributed by atoms with Gasteiger partial charge in [0.15, 0.2) is 5.13 Å². The van der Waals surface area contributed by atoms with E-state index in [0.717, 1.165) is 30.8 Å². The Hall–Kier alpha value is -5.45. The highest BCUT2D eigenvalue weighted by atomic mass is 32.1. The molecular weight excluding hydrogens is 813 g/mol. The van der Waals surface area contributed by atoms with Gasteiger partial charge in [-0.1, -0.05) is 45.8 Å². The summed E-state index contributed by atoms with van der Waals surface area (Å²) < 4.78 is 12.3. The summed E-state index contributed by atoms with van der Waals surface area (Å²) in [5.74, 6) is -1.45. The van der Waals surface area contributed by atoms with E-state index in [0.29, 0.717) is 66.1 Å². The number of thiazole rings is 1. The van der Waals surface area contributed by atoms with Crippen molar-refractivity contribution < 1.29 is 38.6 Å². The summed E-state index contributed by atoms with van der Waals surface area (Å²) >= 11 is 1.46. The molecule has 62 heavy (non-hydrogen) atoms. The third-order valence-corrected chi connectivity index (χ3v) is 13.1. The Balaban J connectivity index is 1.19. The summed E-state index contributed by atoms with van der Waals surface area (Å²) in [5.41, 5.74) is -0.0911. The maximum Gasteiger partial charge on any atom is 0.330 e. The fourth-order valence-corrected chi connectivity index (χ4v) is 9.43. The first-order valence-electron chi connectivity index (χ1n) is 21.8. The summed E-state index contributed by atoms with van der Waals surface area (Å²) in [5, 5.41) is 25.9. The second-order valence-electron chi connectivity index (χ2n) is 18.4. The second-order valence-corrected chi connectivity index (χ2v) is 19.2. The van der Waals surface area contributed by atoms with Crippen molar-refractivity contribution in [2.45, 2.75) is 128 Å². The number of benzene rings is 1. The average Bonchev–Trinajstić information content (AvgIpc) is 3.55. The highest BCUT2D eigenvalue weighted by molar-refractivity contribution is 7.14. The lowest BCUT2D eigenvalue weighted by Gasteiger charge is -2.35. The van der Waals surface area contributed by atoms with E-state index in [1.54, 1.807) is 30.2 Å². The van der Waals surface area contributed by atoms with E-state index in [2.05, 4.69) is 21.3 Å². The zero-order chi connectivity index (χ0) is 44.3. The van der Waals surface area contributed by atoms with Gasteiger partial charge in [0.25, 0.3) is 0 Å². The van der Waals surface area contributed by atoms with Gasteiger partial charge >= 0.3 is 12.0 Å². The van der Waals surface area contributed by atoms with Crippen LogP contribution in [0.25, 0.3) is 22.3 Å². The van der Waals surface area contributed by atoms with Gasteiger partial charge in [-0.25, -0.2) is 19.6 Å². The van der Waals surface area contributed by atoms with E-state index in [1.165, 1.54) is 16.2 Å². The van der Waals surface area contributed by atoms with Gasteiger partial charge in [0.2, 0.25) is 17.7 Å². The zero-order valence-corrected chi connectivity index (χ0v) is 37.3. The number of nitrogens with zero attached hydrogens (tertiary/aromatic N) is 4. The number of carbonyl (C=O) groups is 5. The Morgan fingerprint density at radius 2 is 1.89 bits per heavy atom. The summed E-state index contributed by atoms with van der Waals surface area (Å²) in [7, 11) is 1.58. The number of likely N-dealkylation sites (tertiary alicyclic amines) is 1. The molecule has 0 radical (unpaired) electrons. The normalized spacial score (nSPS) is 25.6. The molecule has 5 amide bonds. The molecular formula is C45H60N8O8S. The van der Waals surface area contributed by atoms with E-state index in [-0.39, 0.29) is 37.3 Å². The van der Waals surface area contributed by atoms with Crippen molar-refractivity contribution in [1.29, 1.82) is 0 Å². The fourth-order valence-electron chi connectivity index (χ4n) is 8.57. The van der Waals surface area contributed by atoms with Gasteiger partial charge in [-0.3, -0.25) is 14.4 Å². The minimum absolute atomic E-state index is 0.00370. The van der Waals surface area contributed by atoms with E-state index >= 15 is 0 Å². The number of aliphatic carboxylic acids is 1. The van der Waals surface area contributed by atoms with Crippen molar-refractivity contribution >= 4 is 57.1 Å². The number of allylic oxidation sites excluding steroid dienone is 1. The Labute approximate surface area is 366 Å². The maximum absolute atomic E-state index is 14.9. The van der Waals surface area contributed by atoms with Crippen LogP contribution in [0.5, 0.6) is 11.5 Å². The van der Waals surface area contributed by atoms with Gasteiger partial charge in [-0.05, 0) is 63.5 Å². The summed E-state index contributed by atoms with van der Waals surface area (Å²) in [6.07, 6.45) is 7.96. The molecule has 5 heterocycles. The minimum Gasteiger partial charge on any atom is -0.497 e. The van der Waals surface area contributed by atoms with E-state index < -0.39 is 59.0 Å². The van der Waals surface area contributed by atoms with Crippen molar-refractivity contribution in [3.63, 3.8) is 0 Å². The number of pyridine rings is 1. The molecule has 334 valence electrons. The van der Waals surface area contributed by atoms with Crippen LogP contribution in [0.1, 0.15) is 92.4 Å². The molecule has 0 bridgehead atoms. The van der Waals surface area contributed by atoms with Crippen molar-refractivity contribution in [3.05, 3.63) is 41.8 Å². The molecule has 3 aromatic rings. The van der Waals surface area contributed by atoms with Crippen LogP contribution in [-0.4, -0.2) is 117 Å². The lowest BCUT2D eigenvalue weighted by Crippen LogP contribution is -2.59. The number of fused-ring (bicyclic) bond motifs is 3. The number of rotatable bonds is 11. The molecule has 1 aliphatic carbocycles. The predicted octanol–water partition coefficient (Wildman–Crippen LogP) is 5.72. The van der Waals surface area contributed by atoms with Gasteiger partial charge in [0.1, 0.15) is 40.9 Å². The van der Waals surface area contributed by atoms with Crippen LogP contribution in [0.2, 0.25) is 0 Å². The number of aromatic nitrogens is 2. The van der Waals surface area contributed by atoms with Gasteiger partial charge in [0, 0.05) is 60.8 Å². The molecule has 3 aliphatic heterocycles. The first-order valence-corrected chi connectivity index (χ1v) is 22.7. The lowest BCUT2D eigenvalue weighted by atomic mass is 9.86. The number of carboxylic acid groups (broad SMARTS) is 1. The van der Waals surface area contributed by atoms with Crippen molar-refractivity contribution in [1.82, 2.24) is 35.7 Å². The summed E-state index contributed by atoms with van der Waals surface area (Å²) in [4.78, 5) is 81.3. The lowest BCUT2D eigenvalue weighted by molar-refractivity contribution is -0.145. The Morgan fingerprint density at radius 3 is 2.60 bits per heavy atom. The van der Waals surface area contributed by atoms with Crippen molar-refractivity contribution in [2.24, 2.45) is 11.3 Å². The number of carbonyl (C=O) groups excluding carboxylic acids is 4. The van der Waals surface area contributed by atoms with E-state index in [1.807, 2.05) is 58.2 Å². The van der Waals surface area contributed by atoms with Gasteiger partial charge in [0.05, 0.1) is 30.9 Å². The number of amides is 5.